The molecule has 1 amide bonds. The molecule has 0 atom stereocenters. The molecule has 3 rings (SSSR count). The molecule has 124 valence electrons. The fraction of sp³-hybridized carbons (Fsp3) is 0.222. The van der Waals surface area contributed by atoms with E-state index in [1.54, 1.807) is 54.5 Å². The van der Waals surface area contributed by atoms with Gasteiger partial charge in [0, 0.05) is 11.6 Å². The Morgan fingerprint density at radius 2 is 2.08 bits per heavy atom. The van der Waals surface area contributed by atoms with Crippen LogP contribution in [0.3, 0.4) is 0 Å². The second-order valence-corrected chi connectivity index (χ2v) is 5.24. The third kappa shape index (κ3) is 3.32. The second kappa shape index (κ2) is 7.04. The molecule has 0 aromatic heterocycles. The number of hydrogen-bond acceptors (Lipinski definition) is 5. The first-order valence-electron chi connectivity index (χ1n) is 7.49. The molecule has 1 aliphatic rings. The number of carbonyl (C=O) groups excluding carboxylic acids is 2. The predicted octanol–water partition coefficient (Wildman–Crippen LogP) is 2.38. The molecule has 0 fully saturated rings. The number of fused-ring (bicyclic) bond motifs is 1. The molecule has 0 N–H and O–H groups in total. The lowest BCUT2D eigenvalue weighted by molar-refractivity contribution is 0.0481. The zero-order valence-electron chi connectivity index (χ0n) is 13.2. The molecule has 0 aliphatic carbocycles. The van der Waals surface area contributed by atoms with Crippen molar-refractivity contribution in [2.24, 2.45) is 0 Å². The summed E-state index contributed by atoms with van der Waals surface area (Å²) in [5.74, 6) is 1.66. The van der Waals surface area contributed by atoms with Gasteiger partial charge in [0.25, 0.3) is 5.91 Å². The topological polar surface area (TPSA) is 65.1 Å². The van der Waals surface area contributed by atoms with E-state index in [0.29, 0.717) is 41.5 Å². The van der Waals surface area contributed by atoms with E-state index in [4.69, 9.17) is 14.2 Å². The lowest BCUT2D eigenvalue weighted by atomic mass is 10.1. The number of methoxy groups -OCH3 is 1. The number of nitrogens with zero attached hydrogens (tertiary/aromatic N) is 1. The largest absolute Gasteiger partial charge is 0.497 e. The Labute approximate surface area is 139 Å². The fourth-order valence-corrected chi connectivity index (χ4v) is 2.42. The summed E-state index contributed by atoms with van der Waals surface area (Å²) in [6.45, 7) is 0.856. The number of rotatable bonds is 6. The molecule has 2 aromatic rings. The number of hydrogen-bond donors (Lipinski definition) is 0. The highest BCUT2D eigenvalue weighted by Gasteiger charge is 2.25. The Balaban J connectivity index is 1.60. The van der Waals surface area contributed by atoms with Gasteiger partial charge in [-0.1, -0.05) is 12.1 Å². The molecule has 0 unspecified atom stereocenters. The standard InChI is InChI=1S/C18H17NO5/c1-22-14-5-6-16-17(10-14)24-12-19(18(16)21)7-8-23-15-4-2-3-13(9-15)11-20/h2-6,9-11H,7-8,12H2,1H3. The summed E-state index contributed by atoms with van der Waals surface area (Å²) in [7, 11) is 1.57. The van der Waals surface area contributed by atoms with Crippen LogP contribution in [0.25, 0.3) is 0 Å². The van der Waals surface area contributed by atoms with Gasteiger partial charge < -0.3 is 19.1 Å². The molecular formula is C18H17NO5. The summed E-state index contributed by atoms with van der Waals surface area (Å²) in [5, 5.41) is 0. The van der Waals surface area contributed by atoms with Gasteiger partial charge in [-0.15, -0.1) is 0 Å². The Bertz CT molecular complexity index is 759. The number of aldehydes is 1. The van der Waals surface area contributed by atoms with Gasteiger partial charge in [-0.25, -0.2) is 0 Å². The summed E-state index contributed by atoms with van der Waals surface area (Å²) < 4.78 is 16.3. The van der Waals surface area contributed by atoms with E-state index in [9.17, 15) is 9.59 Å². The first kappa shape index (κ1) is 15.9. The van der Waals surface area contributed by atoms with Crippen molar-refractivity contribution in [1.82, 2.24) is 4.90 Å². The Morgan fingerprint density at radius 3 is 2.88 bits per heavy atom. The van der Waals surface area contributed by atoms with E-state index in [1.165, 1.54) is 0 Å². The van der Waals surface area contributed by atoms with Crippen molar-refractivity contribution < 1.29 is 23.8 Å². The van der Waals surface area contributed by atoms with Crippen LogP contribution in [-0.4, -0.2) is 44.1 Å². The molecule has 0 bridgehead atoms. The van der Waals surface area contributed by atoms with E-state index in [-0.39, 0.29) is 12.6 Å². The van der Waals surface area contributed by atoms with Gasteiger partial charge in [-0.05, 0) is 24.3 Å². The van der Waals surface area contributed by atoms with Crippen LogP contribution in [0.1, 0.15) is 20.7 Å². The van der Waals surface area contributed by atoms with Crippen LogP contribution in [0.4, 0.5) is 0 Å². The number of carbonyl (C=O) groups is 2. The van der Waals surface area contributed by atoms with Crippen LogP contribution < -0.4 is 14.2 Å². The molecule has 2 aromatic carbocycles. The van der Waals surface area contributed by atoms with Crippen molar-refractivity contribution in [3.63, 3.8) is 0 Å². The van der Waals surface area contributed by atoms with Crippen LogP contribution in [0, 0.1) is 0 Å². The third-order valence-electron chi connectivity index (χ3n) is 3.71. The third-order valence-corrected chi connectivity index (χ3v) is 3.71. The number of benzene rings is 2. The normalized spacial score (nSPS) is 13.0. The van der Waals surface area contributed by atoms with Crippen LogP contribution in [-0.2, 0) is 0 Å². The highest BCUT2D eigenvalue weighted by Crippen LogP contribution is 2.29. The molecular weight excluding hydrogens is 310 g/mol. The molecule has 0 spiro atoms. The molecule has 0 saturated heterocycles. The van der Waals surface area contributed by atoms with Crippen molar-refractivity contribution in [2.45, 2.75) is 0 Å². The first-order valence-corrected chi connectivity index (χ1v) is 7.49. The van der Waals surface area contributed by atoms with Crippen molar-refractivity contribution in [3.8, 4) is 17.2 Å². The minimum absolute atomic E-state index is 0.107. The quantitative estimate of drug-likeness (QED) is 0.762. The van der Waals surface area contributed by atoms with Gasteiger partial charge in [0.05, 0.1) is 19.2 Å². The van der Waals surface area contributed by atoms with Gasteiger partial charge >= 0.3 is 0 Å². The molecule has 0 saturated carbocycles. The van der Waals surface area contributed by atoms with Gasteiger partial charge in [0.15, 0.2) is 6.73 Å². The maximum atomic E-state index is 12.5. The predicted molar refractivity (Wildman–Crippen MR) is 86.9 cm³/mol. The van der Waals surface area contributed by atoms with E-state index in [1.807, 2.05) is 0 Å². The highest BCUT2D eigenvalue weighted by molar-refractivity contribution is 5.97. The fourth-order valence-electron chi connectivity index (χ4n) is 2.42. The molecule has 1 aliphatic heterocycles. The van der Waals surface area contributed by atoms with E-state index >= 15 is 0 Å². The van der Waals surface area contributed by atoms with Crippen molar-refractivity contribution in [1.29, 1.82) is 0 Å². The van der Waals surface area contributed by atoms with Crippen molar-refractivity contribution >= 4 is 12.2 Å². The van der Waals surface area contributed by atoms with Crippen LogP contribution >= 0.6 is 0 Å². The minimum Gasteiger partial charge on any atom is -0.497 e. The zero-order valence-corrected chi connectivity index (χ0v) is 13.2. The first-order chi connectivity index (χ1) is 11.7. The van der Waals surface area contributed by atoms with Gasteiger partial charge in [0.2, 0.25) is 0 Å². The summed E-state index contributed by atoms with van der Waals surface area (Å²) in [6.07, 6.45) is 0.764. The molecule has 6 heteroatoms. The second-order valence-electron chi connectivity index (χ2n) is 5.24. The highest BCUT2D eigenvalue weighted by atomic mass is 16.5. The number of amides is 1. The maximum Gasteiger partial charge on any atom is 0.260 e. The Morgan fingerprint density at radius 1 is 1.21 bits per heavy atom. The van der Waals surface area contributed by atoms with Crippen molar-refractivity contribution in [2.75, 3.05) is 27.0 Å². The monoisotopic (exact) mass is 327 g/mol. The molecule has 24 heavy (non-hydrogen) atoms. The Kier molecular flexibility index (Phi) is 4.65. The number of ether oxygens (including phenoxy) is 3. The van der Waals surface area contributed by atoms with Gasteiger partial charge in [-0.3, -0.25) is 9.59 Å². The van der Waals surface area contributed by atoms with Gasteiger partial charge in [0.1, 0.15) is 30.1 Å². The summed E-state index contributed by atoms with van der Waals surface area (Å²) in [6, 6.07) is 12.0. The average molecular weight is 327 g/mol. The molecule has 6 nitrogen and oxygen atoms in total. The minimum atomic E-state index is -0.107. The van der Waals surface area contributed by atoms with Crippen molar-refractivity contribution in [3.05, 3.63) is 53.6 Å². The van der Waals surface area contributed by atoms with Gasteiger partial charge in [-0.2, -0.15) is 0 Å². The van der Waals surface area contributed by atoms with E-state index in [2.05, 4.69) is 0 Å². The molecule has 0 radical (unpaired) electrons. The SMILES string of the molecule is COc1ccc2c(c1)OCN(CCOc1cccc(C=O)c1)C2=O. The lowest BCUT2D eigenvalue weighted by Crippen LogP contribution is -2.41. The Hall–Kier alpha value is -3.02. The molecule has 1 heterocycles. The summed E-state index contributed by atoms with van der Waals surface area (Å²) in [4.78, 5) is 24.8. The van der Waals surface area contributed by atoms with Crippen LogP contribution in [0.2, 0.25) is 0 Å². The summed E-state index contributed by atoms with van der Waals surface area (Å²) >= 11 is 0. The average Bonchev–Trinajstić information content (AvgIpc) is 2.63. The van der Waals surface area contributed by atoms with Crippen LogP contribution in [0.5, 0.6) is 17.2 Å². The van der Waals surface area contributed by atoms with Crippen LogP contribution in [0.15, 0.2) is 42.5 Å². The zero-order chi connectivity index (χ0) is 16.9. The van der Waals surface area contributed by atoms with E-state index in [0.717, 1.165) is 6.29 Å². The maximum absolute atomic E-state index is 12.5. The van der Waals surface area contributed by atoms with E-state index < -0.39 is 0 Å². The summed E-state index contributed by atoms with van der Waals surface area (Å²) in [5.41, 5.74) is 1.05. The smallest absolute Gasteiger partial charge is 0.260 e. The lowest BCUT2D eigenvalue weighted by Gasteiger charge is -2.28.